The van der Waals surface area contributed by atoms with Crippen molar-refractivity contribution in [2.24, 2.45) is 0 Å². The average molecular weight is 343 g/mol. The standard InChI is InChI=1S/C18H21N3O4/c1-11-7-12(2)21(18(23)19-11)9-16(22)20-14-8-13-5-4-6-15(24-3)17(13)25-10-14/h4-7,14H,8-10H2,1-3H3,(H,20,22). The second-order valence-electron chi connectivity index (χ2n) is 6.14. The van der Waals surface area contributed by atoms with E-state index in [4.69, 9.17) is 9.47 Å². The zero-order valence-electron chi connectivity index (χ0n) is 14.5. The molecule has 0 fully saturated rings. The van der Waals surface area contributed by atoms with Crippen LogP contribution < -0.4 is 20.5 Å². The largest absolute Gasteiger partial charge is 0.493 e. The molecule has 1 aromatic carbocycles. The fourth-order valence-corrected chi connectivity index (χ4v) is 3.03. The number of carbonyl (C=O) groups is 1. The van der Waals surface area contributed by atoms with Crippen LogP contribution in [0.5, 0.6) is 11.5 Å². The third-order valence-corrected chi connectivity index (χ3v) is 4.19. The van der Waals surface area contributed by atoms with Gasteiger partial charge in [0.05, 0.1) is 13.2 Å². The Labute approximate surface area is 145 Å². The van der Waals surface area contributed by atoms with Crippen LogP contribution in [0, 0.1) is 13.8 Å². The van der Waals surface area contributed by atoms with Gasteiger partial charge in [-0.05, 0) is 32.4 Å². The number of aromatic nitrogens is 2. The lowest BCUT2D eigenvalue weighted by Gasteiger charge is -2.27. The molecule has 2 aromatic rings. The molecule has 2 heterocycles. The number of nitrogens with one attached hydrogen (secondary N) is 1. The molecule has 0 radical (unpaired) electrons. The summed E-state index contributed by atoms with van der Waals surface area (Å²) >= 11 is 0. The molecule has 0 saturated heterocycles. The highest BCUT2D eigenvalue weighted by atomic mass is 16.5. The molecular formula is C18H21N3O4. The molecule has 1 N–H and O–H groups in total. The van der Waals surface area contributed by atoms with Crippen LogP contribution in [0.1, 0.15) is 17.0 Å². The molecule has 7 nitrogen and oxygen atoms in total. The predicted octanol–water partition coefficient (Wildman–Crippen LogP) is 0.989. The Morgan fingerprint density at radius 1 is 1.44 bits per heavy atom. The van der Waals surface area contributed by atoms with Gasteiger partial charge in [-0.1, -0.05) is 12.1 Å². The molecule has 3 rings (SSSR count). The second-order valence-corrected chi connectivity index (χ2v) is 6.14. The number of hydrogen-bond donors (Lipinski definition) is 1. The molecule has 1 aliphatic rings. The highest BCUT2D eigenvalue weighted by molar-refractivity contribution is 5.76. The SMILES string of the molecule is COc1cccc2c1OCC(NC(=O)Cn1c(C)cc(C)nc1=O)C2. The van der Waals surface area contributed by atoms with E-state index in [1.807, 2.05) is 18.2 Å². The average Bonchev–Trinajstić information content (AvgIpc) is 2.57. The third kappa shape index (κ3) is 3.65. The predicted molar refractivity (Wildman–Crippen MR) is 92.1 cm³/mol. The van der Waals surface area contributed by atoms with E-state index >= 15 is 0 Å². The quantitative estimate of drug-likeness (QED) is 0.895. The second kappa shape index (κ2) is 6.96. The molecule has 132 valence electrons. The first-order chi connectivity index (χ1) is 12.0. The monoisotopic (exact) mass is 343 g/mol. The zero-order chi connectivity index (χ0) is 18.0. The van der Waals surface area contributed by atoms with Crippen LogP contribution >= 0.6 is 0 Å². The molecule has 1 aromatic heterocycles. The van der Waals surface area contributed by atoms with E-state index in [-0.39, 0.29) is 18.5 Å². The van der Waals surface area contributed by atoms with Crippen LogP contribution in [0.2, 0.25) is 0 Å². The summed E-state index contributed by atoms with van der Waals surface area (Å²) in [7, 11) is 1.60. The number of methoxy groups -OCH3 is 1. The molecule has 1 atom stereocenters. The number of rotatable bonds is 4. The summed E-state index contributed by atoms with van der Waals surface area (Å²) in [6.07, 6.45) is 0.651. The Hall–Kier alpha value is -2.83. The first-order valence-corrected chi connectivity index (χ1v) is 8.11. The third-order valence-electron chi connectivity index (χ3n) is 4.19. The number of amides is 1. The van der Waals surface area contributed by atoms with Crippen molar-refractivity contribution in [2.45, 2.75) is 32.9 Å². The number of hydrogen-bond acceptors (Lipinski definition) is 5. The van der Waals surface area contributed by atoms with E-state index in [0.29, 0.717) is 30.2 Å². The van der Waals surface area contributed by atoms with Crippen molar-refractivity contribution < 1.29 is 14.3 Å². The van der Waals surface area contributed by atoms with Crippen LogP contribution in [-0.4, -0.2) is 35.2 Å². The lowest BCUT2D eigenvalue weighted by Crippen LogP contribution is -2.45. The van der Waals surface area contributed by atoms with Crippen LogP contribution in [0.15, 0.2) is 29.1 Å². The summed E-state index contributed by atoms with van der Waals surface area (Å²) in [6.45, 7) is 3.85. The maximum Gasteiger partial charge on any atom is 0.348 e. The number of para-hydroxylation sites is 1. The fourth-order valence-electron chi connectivity index (χ4n) is 3.03. The van der Waals surface area contributed by atoms with Crippen molar-refractivity contribution >= 4 is 5.91 Å². The number of nitrogens with zero attached hydrogens (tertiary/aromatic N) is 2. The van der Waals surface area contributed by atoms with E-state index in [1.54, 1.807) is 27.0 Å². The number of fused-ring (bicyclic) bond motifs is 1. The van der Waals surface area contributed by atoms with Gasteiger partial charge in [0.1, 0.15) is 13.2 Å². The lowest BCUT2D eigenvalue weighted by molar-refractivity contribution is -0.122. The van der Waals surface area contributed by atoms with Crippen LogP contribution in [0.4, 0.5) is 0 Å². The van der Waals surface area contributed by atoms with Crippen molar-refractivity contribution in [3.05, 3.63) is 51.7 Å². The summed E-state index contributed by atoms with van der Waals surface area (Å²) in [5, 5.41) is 2.92. The normalized spacial score (nSPS) is 15.9. The van der Waals surface area contributed by atoms with Gasteiger partial charge in [-0.15, -0.1) is 0 Å². The first kappa shape index (κ1) is 17.0. The summed E-state index contributed by atoms with van der Waals surface area (Å²) in [5.74, 6) is 1.18. The molecule has 0 aliphatic carbocycles. The molecule has 1 unspecified atom stereocenters. The van der Waals surface area contributed by atoms with Gasteiger partial charge in [0, 0.05) is 17.0 Å². The van der Waals surface area contributed by atoms with Gasteiger partial charge in [0.25, 0.3) is 0 Å². The minimum absolute atomic E-state index is 0.0561. The van der Waals surface area contributed by atoms with Gasteiger partial charge < -0.3 is 14.8 Å². The zero-order valence-corrected chi connectivity index (χ0v) is 14.5. The lowest BCUT2D eigenvalue weighted by atomic mass is 10.0. The Bertz CT molecular complexity index is 860. The van der Waals surface area contributed by atoms with Crippen molar-refractivity contribution in [1.29, 1.82) is 0 Å². The van der Waals surface area contributed by atoms with Gasteiger partial charge in [0.15, 0.2) is 11.5 Å². The molecule has 0 spiro atoms. The summed E-state index contributed by atoms with van der Waals surface area (Å²) in [4.78, 5) is 28.2. The molecule has 0 bridgehead atoms. The first-order valence-electron chi connectivity index (χ1n) is 8.11. The van der Waals surface area contributed by atoms with Gasteiger partial charge in [-0.25, -0.2) is 4.79 Å². The van der Waals surface area contributed by atoms with E-state index in [0.717, 1.165) is 11.3 Å². The maximum atomic E-state index is 12.3. The Balaban J connectivity index is 1.68. The Kier molecular flexibility index (Phi) is 4.74. The number of benzene rings is 1. The minimum atomic E-state index is -0.414. The van der Waals surface area contributed by atoms with E-state index in [9.17, 15) is 9.59 Å². The highest BCUT2D eigenvalue weighted by Crippen LogP contribution is 2.34. The van der Waals surface area contributed by atoms with Crippen molar-refractivity contribution in [3.8, 4) is 11.5 Å². The van der Waals surface area contributed by atoms with Crippen LogP contribution in [0.25, 0.3) is 0 Å². The summed E-state index contributed by atoms with van der Waals surface area (Å²) in [6, 6.07) is 7.32. The molecule has 7 heteroatoms. The number of carbonyl (C=O) groups excluding carboxylic acids is 1. The van der Waals surface area contributed by atoms with Crippen molar-refractivity contribution in [1.82, 2.24) is 14.9 Å². The Morgan fingerprint density at radius 2 is 2.24 bits per heavy atom. The minimum Gasteiger partial charge on any atom is -0.493 e. The van der Waals surface area contributed by atoms with Gasteiger partial charge >= 0.3 is 5.69 Å². The van der Waals surface area contributed by atoms with Crippen molar-refractivity contribution in [2.75, 3.05) is 13.7 Å². The molecular weight excluding hydrogens is 322 g/mol. The molecule has 25 heavy (non-hydrogen) atoms. The molecule has 1 aliphatic heterocycles. The molecule has 1 amide bonds. The van der Waals surface area contributed by atoms with E-state index in [2.05, 4.69) is 10.3 Å². The smallest absolute Gasteiger partial charge is 0.348 e. The summed E-state index contributed by atoms with van der Waals surface area (Å²) < 4.78 is 12.4. The van der Waals surface area contributed by atoms with E-state index < -0.39 is 5.69 Å². The maximum absolute atomic E-state index is 12.3. The van der Waals surface area contributed by atoms with E-state index in [1.165, 1.54) is 4.57 Å². The highest BCUT2D eigenvalue weighted by Gasteiger charge is 2.24. The van der Waals surface area contributed by atoms with Crippen LogP contribution in [0.3, 0.4) is 0 Å². The number of ether oxygens (including phenoxy) is 2. The topological polar surface area (TPSA) is 82.4 Å². The molecule has 0 saturated carbocycles. The van der Waals surface area contributed by atoms with Gasteiger partial charge in [-0.2, -0.15) is 4.98 Å². The summed E-state index contributed by atoms with van der Waals surface area (Å²) in [5.41, 5.74) is 1.93. The van der Waals surface area contributed by atoms with Crippen molar-refractivity contribution in [3.63, 3.8) is 0 Å². The van der Waals surface area contributed by atoms with Gasteiger partial charge in [-0.3, -0.25) is 9.36 Å². The van der Waals surface area contributed by atoms with Gasteiger partial charge in [0.2, 0.25) is 5.91 Å². The number of aryl methyl sites for hydroxylation is 2. The van der Waals surface area contributed by atoms with Crippen LogP contribution in [-0.2, 0) is 17.8 Å². The fraction of sp³-hybridized carbons (Fsp3) is 0.389. The Morgan fingerprint density at radius 3 is 2.96 bits per heavy atom.